The fraction of sp³-hybridized carbons (Fsp3) is 0.350. The second kappa shape index (κ2) is 8.81. The van der Waals surface area contributed by atoms with E-state index in [0.29, 0.717) is 18.4 Å². The lowest BCUT2D eigenvalue weighted by Gasteiger charge is -2.25. The molecule has 0 aliphatic carbocycles. The number of hydrogen-bond acceptors (Lipinski definition) is 4. The molecule has 2 unspecified atom stereocenters. The van der Waals surface area contributed by atoms with E-state index in [2.05, 4.69) is 21.2 Å². The summed E-state index contributed by atoms with van der Waals surface area (Å²) in [6.45, 7) is 2.00. The van der Waals surface area contributed by atoms with Gasteiger partial charge in [-0.25, -0.2) is 12.8 Å². The normalized spacial score (nSPS) is 18.4. The minimum Gasteiger partial charge on any atom is -0.494 e. The molecular formula is C20H22BrFN2O4S. The van der Waals surface area contributed by atoms with Crippen molar-refractivity contribution in [1.29, 1.82) is 0 Å². The van der Waals surface area contributed by atoms with Gasteiger partial charge in [-0.2, -0.15) is 4.31 Å². The molecule has 1 heterocycles. The Hall–Kier alpha value is -1.97. The number of nitrogens with one attached hydrogen (secondary N) is 1. The number of amides is 1. The number of rotatable bonds is 6. The largest absolute Gasteiger partial charge is 0.494 e. The van der Waals surface area contributed by atoms with Crippen LogP contribution in [0.1, 0.15) is 31.4 Å². The first-order valence-electron chi connectivity index (χ1n) is 9.15. The first kappa shape index (κ1) is 21.7. The van der Waals surface area contributed by atoms with Crippen LogP contribution in [-0.4, -0.2) is 38.3 Å². The second-order valence-electron chi connectivity index (χ2n) is 6.85. The smallest absolute Gasteiger partial charge is 0.243 e. The van der Waals surface area contributed by atoms with E-state index < -0.39 is 33.8 Å². The van der Waals surface area contributed by atoms with E-state index in [0.717, 1.165) is 4.47 Å². The van der Waals surface area contributed by atoms with Crippen molar-refractivity contribution in [3.05, 3.63) is 58.3 Å². The van der Waals surface area contributed by atoms with Crippen molar-refractivity contribution in [3.8, 4) is 5.75 Å². The standard InChI is InChI=1S/C20H22BrFN2O4S/c1-13(14-5-10-19(28-2)17(22)12-14)23-20(25)18-4-3-11-24(18)29(26,27)16-8-6-15(21)7-9-16/h5-10,12-13,18H,3-4,11H2,1-2H3,(H,23,25). The van der Waals surface area contributed by atoms with Gasteiger partial charge in [0.2, 0.25) is 15.9 Å². The third-order valence-electron chi connectivity index (χ3n) is 4.96. The number of methoxy groups -OCH3 is 1. The summed E-state index contributed by atoms with van der Waals surface area (Å²) in [6.07, 6.45) is 1.03. The Kier molecular flexibility index (Phi) is 6.60. The topological polar surface area (TPSA) is 75.7 Å². The van der Waals surface area contributed by atoms with Crippen molar-refractivity contribution in [2.45, 2.75) is 36.7 Å². The molecule has 1 saturated heterocycles. The van der Waals surface area contributed by atoms with Crippen LogP contribution in [0.5, 0.6) is 5.75 Å². The van der Waals surface area contributed by atoms with Gasteiger partial charge in [-0.15, -0.1) is 0 Å². The lowest BCUT2D eigenvalue weighted by Crippen LogP contribution is -2.46. The van der Waals surface area contributed by atoms with E-state index >= 15 is 0 Å². The molecule has 1 N–H and O–H groups in total. The lowest BCUT2D eigenvalue weighted by atomic mass is 10.1. The summed E-state index contributed by atoms with van der Waals surface area (Å²) in [4.78, 5) is 13.0. The Labute approximate surface area is 178 Å². The van der Waals surface area contributed by atoms with Crippen LogP contribution in [0.3, 0.4) is 0 Å². The lowest BCUT2D eigenvalue weighted by molar-refractivity contribution is -0.124. The van der Waals surface area contributed by atoms with Gasteiger partial charge in [0.15, 0.2) is 11.6 Å². The maximum absolute atomic E-state index is 14.0. The summed E-state index contributed by atoms with van der Waals surface area (Å²) in [7, 11) is -2.41. The zero-order valence-corrected chi connectivity index (χ0v) is 18.5. The molecular weight excluding hydrogens is 463 g/mol. The SMILES string of the molecule is COc1ccc(C(C)NC(=O)C2CCCN2S(=O)(=O)c2ccc(Br)cc2)cc1F. The van der Waals surface area contributed by atoms with Crippen molar-refractivity contribution < 1.29 is 22.3 Å². The van der Waals surface area contributed by atoms with Crippen LogP contribution in [0.15, 0.2) is 51.8 Å². The second-order valence-corrected chi connectivity index (χ2v) is 9.66. The van der Waals surface area contributed by atoms with Crippen LogP contribution in [0.25, 0.3) is 0 Å². The van der Waals surface area contributed by atoms with Crippen molar-refractivity contribution in [2.75, 3.05) is 13.7 Å². The van der Waals surface area contributed by atoms with Gasteiger partial charge in [-0.3, -0.25) is 4.79 Å². The third kappa shape index (κ3) is 4.62. The van der Waals surface area contributed by atoms with E-state index in [1.807, 2.05) is 0 Å². The highest BCUT2D eigenvalue weighted by Crippen LogP contribution is 2.28. The van der Waals surface area contributed by atoms with E-state index in [1.165, 1.54) is 35.7 Å². The van der Waals surface area contributed by atoms with E-state index in [4.69, 9.17) is 4.74 Å². The minimum atomic E-state index is -3.79. The van der Waals surface area contributed by atoms with Gasteiger partial charge in [-0.05, 0) is 61.7 Å². The number of nitrogens with zero attached hydrogens (tertiary/aromatic N) is 1. The van der Waals surface area contributed by atoms with Gasteiger partial charge < -0.3 is 10.1 Å². The van der Waals surface area contributed by atoms with Gasteiger partial charge >= 0.3 is 0 Å². The van der Waals surface area contributed by atoms with Gasteiger partial charge in [0.1, 0.15) is 6.04 Å². The molecule has 1 aliphatic rings. The number of ether oxygens (including phenoxy) is 1. The Morgan fingerprint density at radius 1 is 1.28 bits per heavy atom. The molecule has 0 aromatic heterocycles. The molecule has 1 fully saturated rings. The van der Waals surface area contributed by atoms with Gasteiger partial charge in [0, 0.05) is 11.0 Å². The van der Waals surface area contributed by atoms with Crippen molar-refractivity contribution in [1.82, 2.24) is 9.62 Å². The monoisotopic (exact) mass is 484 g/mol. The predicted molar refractivity (Wildman–Crippen MR) is 111 cm³/mol. The first-order chi connectivity index (χ1) is 13.7. The molecule has 2 aromatic carbocycles. The maximum atomic E-state index is 14.0. The van der Waals surface area contributed by atoms with E-state index in [1.54, 1.807) is 25.1 Å². The summed E-state index contributed by atoms with van der Waals surface area (Å²) >= 11 is 3.29. The summed E-state index contributed by atoms with van der Waals surface area (Å²) < 4.78 is 46.9. The first-order valence-corrected chi connectivity index (χ1v) is 11.4. The maximum Gasteiger partial charge on any atom is 0.243 e. The number of sulfonamides is 1. The Balaban J connectivity index is 1.76. The van der Waals surface area contributed by atoms with Crippen molar-refractivity contribution >= 4 is 31.9 Å². The Morgan fingerprint density at radius 3 is 2.59 bits per heavy atom. The molecule has 0 bridgehead atoms. The van der Waals surface area contributed by atoms with Crippen LogP contribution in [0.2, 0.25) is 0 Å². The summed E-state index contributed by atoms with van der Waals surface area (Å²) in [5.41, 5.74) is 0.567. The highest BCUT2D eigenvalue weighted by Gasteiger charge is 2.39. The number of benzene rings is 2. The van der Waals surface area contributed by atoms with Crippen molar-refractivity contribution in [3.63, 3.8) is 0 Å². The van der Waals surface area contributed by atoms with Crippen LogP contribution in [-0.2, 0) is 14.8 Å². The molecule has 2 aromatic rings. The molecule has 156 valence electrons. The molecule has 1 aliphatic heterocycles. The zero-order chi connectivity index (χ0) is 21.2. The molecule has 0 radical (unpaired) electrons. The van der Waals surface area contributed by atoms with Crippen LogP contribution in [0.4, 0.5) is 4.39 Å². The molecule has 0 saturated carbocycles. The Morgan fingerprint density at radius 2 is 1.97 bits per heavy atom. The van der Waals surface area contributed by atoms with Gasteiger partial charge in [0.05, 0.1) is 18.0 Å². The van der Waals surface area contributed by atoms with Gasteiger partial charge in [0.25, 0.3) is 0 Å². The number of hydrogen-bond donors (Lipinski definition) is 1. The predicted octanol–water partition coefficient (Wildman–Crippen LogP) is 3.63. The van der Waals surface area contributed by atoms with Crippen molar-refractivity contribution in [2.24, 2.45) is 0 Å². The molecule has 3 rings (SSSR count). The minimum absolute atomic E-state index is 0.120. The molecule has 9 heteroatoms. The third-order valence-corrected chi connectivity index (χ3v) is 7.41. The van der Waals surface area contributed by atoms with Crippen LogP contribution < -0.4 is 10.1 Å². The van der Waals surface area contributed by atoms with E-state index in [9.17, 15) is 17.6 Å². The number of carbonyl (C=O) groups is 1. The molecule has 0 spiro atoms. The highest BCUT2D eigenvalue weighted by atomic mass is 79.9. The summed E-state index contributed by atoms with van der Waals surface area (Å²) in [5.74, 6) is -0.798. The fourth-order valence-electron chi connectivity index (χ4n) is 3.38. The average Bonchev–Trinajstić information content (AvgIpc) is 3.19. The molecule has 1 amide bonds. The average molecular weight is 485 g/mol. The van der Waals surface area contributed by atoms with Crippen LogP contribution >= 0.6 is 15.9 Å². The highest BCUT2D eigenvalue weighted by molar-refractivity contribution is 9.10. The quantitative estimate of drug-likeness (QED) is 0.678. The van der Waals surface area contributed by atoms with Gasteiger partial charge in [-0.1, -0.05) is 22.0 Å². The molecule has 29 heavy (non-hydrogen) atoms. The molecule has 6 nitrogen and oxygen atoms in total. The summed E-state index contributed by atoms with van der Waals surface area (Å²) in [6, 6.07) is 9.50. The van der Waals surface area contributed by atoms with E-state index in [-0.39, 0.29) is 17.2 Å². The number of carbonyl (C=O) groups excluding carboxylic acids is 1. The summed E-state index contributed by atoms with van der Waals surface area (Å²) in [5, 5.41) is 2.81. The molecule has 2 atom stereocenters. The number of halogens is 2. The van der Waals surface area contributed by atoms with Crippen LogP contribution in [0, 0.1) is 5.82 Å². The zero-order valence-electron chi connectivity index (χ0n) is 16.1. The Bertz CT molecular complexity index is 998. The fourth-order valence-corrected chi connectivity index (χ4v) is 5.30.